The van der Waals surface area contributed by atoms with Gasteiger partial charge >= 0.3 is 0 Å². The number of aromatic nitrogens is 2. The minimum absolute atomic E-state index is 0.818. The average Bonchev–Trinajstić information content (AvgIpc) is 2.77. The molecule has 0 aromatic carbocycles. The summed E-state index contributed by atoms with van der Waals surface area (Å²) in [5, 5.41) is 3.50. The molecule has 90 valence electrons. The summed E-state index contributed by atoms with van der Waals surface area (Å²) in [7, 11) is 0. The largest absolute Gasteiger partial charge is 0.335 e. The maximum Gasteiger partial charge on any atom is 0.108 e. The lowest BCUT2D eigenvalue weighted by molar-refractivity contribution is 0.241. The van der Waals surface area contributed by atoms with Crippen LogP contribution in [-0.4, -0.2) is 22.6 Å². The van der Waals surface area contributed by atoms with E-state index in [9.17, 15) is 0 Å². The molecule has 1 N–H and O–H groups in total. The van der Waals surface area contributed by atoms with Gasteiger partial charge in [0.15, 0.2) is 0 Å². The van der Waals surface area contributed by atoms with Gasteiger partial charge in [0.05, 0.1) is 0 Å². The third kappa shape index (κ3) is 2.46. The van der Waals surface area contributed by atoms with Crippen LogP contribution in [-0.2, 0) is 13.0 Å². The van der Waals surface area contributed by atoms with Crippen molar-refractivity contribution in [2.75, 3.05) is 13.1 Å². The second kappa shape index (κ2) is 5.48. The topological polar surface area (TPSA) is 29.9 Å². The maximum atomic E-state index is 4.49. The van der Waals surface area contributed by atoms with Crippen LogP contribution in [0.1, 0.15) is 32.5 Å². The van der Waals surface area contributed by atoms with E-state index in [-0.39, 0.29) is 0 Å². The van der Waals surface area contributed by atoms with Gasteiger partial charge in [0.25, 0.3) is 0 Å². The van der Waals surface area contributed by atoms with E-state index < -0.39 is 0 Å². The fourth-order valence-electron chi connectivity index (χ4n) is 2.78. The van der Waals surface area contributed by atoms with E-state index in [0.717, 1.165) is 24.8 Å². The predicted octanol–water partition coefficient (Wildman–Crippen LogP) is 2.08. The highest BCUT2D eigenvalue weighted by Crippen LogP contribution is 2.25. The minimum Gasteiger partial charge on any atom is -0.335 e. The van der Waals surface area contributed by atoms with Gasteiger partial charge in [-0.2, -0.15) is 0 Å². The molecular formula is C13H23N3. The van der Waals surface area contributed by atoms with Crippen molar-refractivity contribution >= 4 is 0 Å². The fraction of sp³-hybridized carbons (Fsp3) is 0.769. The standard InChI is InChI=1S/C13H23N3/c1-3-11-10-14-6-5-12(11)9-13-15-7-8-16(13)4-2/h7-8,11-12,14H,3-6,9-10H2,1-2H3. The SMILES string of the molecule is CCC1CNCCC1Cc1nccn1CC. The lowest BCUT2D eigenvalue weighted by atomic mass is 9.82. The van der Waals surface area contributed by atoms with Crippen LogP contribution in [0.25, 0.3) is 0 Å². The van der Waals surface area contributed by atoms with E-state index in [2.05, 4.69) is 34.9 Å². The third-order valence-electron chi connectivity index (χ3n) is 3.88. The predicted molar refractivity (Wildman–Crippen MR) is 66.4 cm³/mol. The van der Waals surface area contributed by atoms with Crippen LogP contribution in [0, 0.1) is 11.8 Å². The van der Waals surface area contributed by atoms with E-state index in [1.54, 1.807) is 0 Å². The second-order valence-electron chi connectivity index (χ2n) is 4.75. The number of imidazole rings is 1. The number of hydrogen-bond donors (Lipinski definition) is 1. The smallest absolute Gasteiger partial charge is 0.108 e. The zero-order valence-electron chi connectivity index (χ0n) is 10.4. The zero-order chi connectivity index (χ0) is 11.4. The van der Waals surface area contributed by atoms with Crippen molar-refractivity contribution in [3.8, 4) is 0 Å². The summed E-state index contributed by atoms with van der Waals surface area (Å²) in [4.78, 5) is 4.49. The van der Waals surface area contributed by atoms with Gasteiger partial charge in [0.1, 0.15) is 5.82 Å². The van der Waals surface area contributed by atoms with Crippen molar-refractivity contribution in [3.63, 3.8) is 0 Å². The Morgan fingerprint density at radius 1 is 1.44 bits per heavy atom. The monoisotopic (exact) mass is 221 g/mol. The van der Waals surface area contributed by atoms with Crippen molar-refractivity contribution in [2.24, 2.45) is 11.8 Å². The number of rotatable bonds is 4. The normalized spacial score (nSPS) is 25.9. The Bertz CT molecular complexity index is 319. The molecule has 3 heteroatoms. The molecule has 3 nitrogen and oxygen atoms in total. The number of aryl methyl sites for hydroxylation is 1. The zero-order valence-corrected chi connectivity index (χ0v) is 10.4. The molecule has 1 aliphatic heterocycles. The Morgan fingerprint density at radius 2 is 2.31 bits per heavy atom. The molecule has 0 saturated carbocycles. The van der Waals surface area contributed by atoms with Crippen LogP contribution in [0.5, 0.6) is 0 Å². The first kappa shape index (κ1) is 11.6. The highest BCUT2D eigenvalue weighted by atomic mass is 15.1. The lowest BCUT2D eigenvalue weighted by Crippen LogP contribution is -2.37. The summed E-state index contributed by atoms with van der Waals surface area (Å²) in [5.74, 6) is 2.92. The summed E-state index contributed by atoms with van der Waals surface area (Å²) in [6, 6.07) is 0. The van der Waals surface area contributed by atoms with E-state index in [4.69, 9.17) is 0 Å². The van der Waals surface area contributed by atoms with Crippen molar-refractivity contribution < 1.29 is 0 Å². The summed E-state index contributed by atoms with van der Waals surface area (Å²) in [5.41, 5.74) is 0. The van der Waals surface area contributed by atoms with Gasteiger partial charge in [-0.05, 0) is 38.3 Å². The quantitative estimate of drug-likeness (QED) is 0.843. The van der Waals surface area contributed by atoms with Crippen LogP contribution < -0.4 is 5.32 Å². The molecule has 0 spiro atoms. The molecule has 0 radical (unpaired) electrons. The summed E-state index contributed by atoms with van der Waals surface area (Å²) in [6.45, 7) is 7.89. The Balaban J connectivity index is 2.02. The Kier molecular flexibility index (Phi) is 3.99. The van der Waals surface area contributed by atoms with Crippen LogP contribution in [0.15, 0.2) is 12.4 Å². The Hall–Kier alpha value is -0.830. The molecule has 1 aromatic heterocycles. The molecule has 1 saturated heterocycles. The van der Waals surface area contributed by atoms with Crippen LogP contribution in [0.3, 0.4) is 0 Å². The number of nitrogens with zero attached hydrogens (tertiary/aromatic N) is 2. The van der Waals surface area contributed by atoms with Gasteiger partial charge in [0.2, 0.25) is 0 Å². The number of hydrogen-bond acceptors (Lipinski definition) is 2. The molecule has 1 aromatic rings. The Morgan fingerprint density at radius 3 is 3.06 bits per heavy atom. The van der Waals surface area contributed by atoms with Crippen molar-refractivity contribution in [1.29, 1.82) is 0 Å². The first-order valence-electron chi connectivity index (χ1n) is 6.55. The highest BCUT2D eigenvalue weighted by Gasteiger charge is 2.24. The van der Waals surface area contributed by atoms with E-state index >= 15 is 0 Å². The second-order valence-corrected chi connectivity index (χ2v) is 4.75. The lowest BCUT2D eigenvalue weighted by Gasteiger charge is -2.31. The summed E-state index contributed by atoms with van der Waals surface area (Å²) in [6.07, 6.45) is 7.76. The first-order valence-corrected chi connectivity index (χ1v) is 6.55. The molecule has 2 atom stereocenters. The van der Waals surface area contributed by atoms with Crippen LogP contribution in [0.2, 0.25) is 0 Å². The third-order valence-corrected chi connectivity index (χ3v) is 3.88. The van der Waals surface area contributed by atoms with Gasteiger partial charge in [0, 0.05) is 25.4 Å². The van der Waals surface area contributed by atoms with Crippen molar-refractivity contribution in [2.45, 2.75) is 39.7 Å². The molecule has 1 fully saturated rings. The van der Waals surface area contributed by atoms with E-state index in [1.165, 1.54) is 31.8 Å². The van der Waals surface area contributed by atoms with Gasteiger partial charge in [-0.15, -0.1) is 0 Å². The fourth-order valence-corrected chi connectivity index (χ4v) is 2.78. The van der Waals surface area contributed by atoms with Crippen LogP contribution >= 0.6 is 0 Å². The summed E-state index contributed by atoms with van der Waals surface area (Å²) >= 11 is 0. The molecule has 2 heterocycles. The van der Waals surface area contributed by atoms with Gasteiger partial charge < -0.3 is 9.88 Å². The Labute approximate surface area is 98.3 Å². The molecule has 0 aliphatic carbocycles. The molecule has 1 aliphatic rings. The average molecular weight is 221 g/mol. The van der Waals surface area contributed by atoms with Crippen LogP contribution in [0.4, 0.5) is 0 Å². The molecule has 0 bridgehead atoms. The molecule has 16 heavy (non-hydrogen) atoms. The minimum atomic E-state index is 0.818. The maximum absolute atomic E-state index is 4.49. The van der Waals surface area contributed by atoms with E-state index in [0.29, 0.717) is 0 Å². The molecule has 2 unspecified atom stereocenters. The van der Waals surface area contributed by atoms with Crippen molar-refractivity contribution in [3.05, 3.63) is 18.2 Å². The molecular weight excluding hydrogens is 198 g/mol. The van der Waals surface area contributed by atoms with Gasteiger partial charge in [-0.25, -0.2) is 4.98 Å². The first-order chi connectivity index (χ1) is 7.85. The summed E-state index contributed by atoms with van der Waals surface area (Å²) < 4.78 is 2.27. The highest BCUT2D eigenvalue weighted by molar-refractivity contribution is 4.96. The van der Waals surface area contributed by atoms with E-state index in [1.807, 2.05) is 6.20 Å². The van der Waals surface area contributed by atoms with Gasteiger partial charge in [-0.1, -0.05) is 13.3 Å². The molecule has 2 rings (SSSR count). The molecule has 0 amide bonds. The number of nitrogens with one attached hydrogen (secondary N) is 1. The number of piperidine rings is 1. The van der Waals surface area contributed by atoms with Crippen molar-refractivity contribution in [1.82, 2.24) is 14.9 Å². The van der Waals surface area contributed by atoms with Gasteiger partial charge in [-0.3, -0.25) is 0 Å².